The second kappa shape index (κ2) is 5.78. The minimum absolute atomic E-state index is 0.848. The molecule has 0 bridgehead atoms. The third kappa shape index (κ3) is 3.39. The van der Waals surface area contributed by atoms with Crippen LogP contribution in [-0.4, -0.2) is 0 Å². The average molecular weight is 355 g/mol. The topological polar surface area (TPSA) is 26.0 Å². The second-order valence-electron chi connectivity index (χ2n) is 3.78. The van der Waals surface area contributed by atoms with Crippen molar-refractivity contribution in [1.29, 1.82) is 0 Å². The SMILES string of the molecule is CCc1ccc(Sc2ccc(I)c(N)c2)cc1. The number of rotatable bonds is 3. The number of hydrogen-bond donors (Lipinski definition) is 1. The van der Waals surface area contributed by atoms with Crippen LogP contribution in [0.3, 0.4) is 0 Å². The summed E-state index contributed by atoms with van der Waals surface area (Å²) < 4.78 is 1.10. The monoisotopic (exact) mass is 355 g/mol. The van der Waals surface area contributed by atoms with E-state index in [4.69, 9.17) is 5.73 Å². The molecule has 0 atom stereocenters. The van der Waals surface area contributed by atoms with Crippen LogP contribution in [0.25, 0.3) is 0 Å². The lowest BCUT2D eigenvalue weighted by atomic mass is 10.2. The number of aryl methyl sites for hydroxylation is 1. The van der Waals surface area contributed by atoms with Gasteiger partial charge in [0.15, 0.2) is 0 Å². The quantitative estimate of drug-likeness (QED) is 0.644. The summed E-state index contributed by atoms with van der Waals surface area (Å²) in [6.07, 6.45) is 1.08. The molecule has 2 N–H and O–H groups in total. The molecule has 0 radical (unpaired) electrons. The number of hydrogen-bond acceptors (Lipinski definition) is 2. The van der Waals surface area contributed by atoms with Crippen molar-refractivity contribution in [3.05, 3.63) is 51.6 Å². The fraction of sp³-hybridized carbons (Fsp3) is 0.143. The zero-order valence-corrected chi connectivity index (χ0v) is 12.6. The molecule has 0 aliphatic rings. The van der Waals surface area contributed by atoms with Crippen molar-refractivity contribution in [3.8, 4) is 0 Å². The highest BCUT2D eigenvalue weighted by Crippen LogP contribution is 2.30. The lowest BCUT2D eigenvalue weighted by molar-refractivity contribution is 1.13. The number of nitrogen functional groups attached to an aromatic ring is 1. The molecule has 0 saturated heterocycles. The summed E-state index contributed by atoms with van der Waals surface area (Å²) in [6.45, 7) is 2.17. The fourth-order valence-corrected chi connectivity index (χ4v) is 2.72. The zero-order chi connectivity index (χ0) is 12.3. The Morgan fingerprint density at radius 1 is 1.06 bits per heavy atom. The number of nitrogens with two attached hydrogens (primary N) is 1. The van der Waals surface area contributed by atoms with Crippen molar-refractivity contribution in [2.45, 2.75) is 23.1 Å². The third-order valence-corrected chi connectivity index (χ3v) is 4.51. The highest BCUT2D eigenvalue weighted by atomic mass is 127. The molecule has 2 aromatic carbocycles. The Labute approximate surface area is 120 Å². The van der Waals surface area contributed by atoms with Crippen LogP contribution < -0.4 is 5.73 Å². The highest BCUT2D eigenvalue weighted by molar-refractivity contribution is 14.1. The normalized spacial score (nSPS) is 10.5. The Kier molecular flexibility index (Phi) is 4.34. The van der Waals surface area contributed by atoms with Gasteiger partial charge in [0.2, 0.25) is 0 Å². The first kappa shape index (κ1) is 12.8. The molecule has 0 heterocycles. The first-order valence-corrected chi connectivity index (χ1v) is 7.40. The van der Waals surface area contributed by atoms with E-state index in [9.17, 15) is 0 Å². The fourth-order valence-electron chi connectivity index (χ4n) is 1.51. The molecule has 0 amide bonds. The lowest BCUT2D eigenvalue weighted by Crippen LogP contribution is -1.88. The highest BCUT2D eigenvalue weighted by Gasteiger charge is 2.00. The molecule has 0 aliphatic heterocycles. The van der Waals surface area contributed by atoms with E-state index in [1.807, 2.05) is 6.07 Å². The van der Waals surface area contributed by atoms with Gasteiger partial charge in [0.1, 0.15) is 0 Å². The molecule has 0 fully saturated rings. The van der Waals surface area contributed by atoms with Gasteiger partial charge in [-0.25, -0.2) is 0 Å². The van der Waals surface area contributed by atoms with Gasteiger partial charge >= 0.3 is 0 Å². The molecule has 0 unspecified atom stereocenters. The summed E-state index contributed by atoms with van der Waals surface area (Å²) in [5.41, 5.74) is 8.12. The molecule has 0 aliphatic carbocycles. The Morgan fingerprint density at radius 3 is 2.29 bits per heavy atom. The van der Waals surface area contributed by atoms with Crippen molar-refractivity contribution in [3.63, 3.8) is 0 Å². The van der Waals surface area contributed by atoms with Gasteiger partial charge in [0.05, 0.1) is 0 Å². The Hall–Kier alpha value is -0.680. The van der Waals surface area contributed by atoms with E-state index >= 15 is 0 Å². The van der Waals surface area contributed by atoms with Gasteiger partial charge in [-0.2, -0.15) is 0 Å². The van der Waals surface area contributed by atoms with Crippen LogP contribution in [0, 0.1) is 3.57 Å². The predicted molar refractivity (Wildman–Crippen MR) is 83.5 cm³/mol. The van der Waals surface area contributed by atoms with Crippen molar-refractivity contribution in [1.82, 2.24) is 0 Å². The van der Waals surface area contributed by atoms with Gasteiger partial charge < -0.3 is 5.73 Å². The van der Waals surface area contributed by atoms with E-state index in [2.05, 4.69) is 65.9 Å². The summed E-state index contributed by atoms with van der Waals surface area (Å²) in [6, 6.07) is 14.9. The first-order chi connectivity index (χ1) is 8.19. The van der Waals surface area contributed by atoms with Gasteiger partial charge in [0, 0.05) is 19.0 Å². The minimum atomic E-state index is 0.848. The van der Waals surface area contributed by atoms with Crippen LogP contribution in [-0.2, 0) is 6.42 Å². The van der Waals surface area contributed by atoms with E-state index in [1.54, 1.807) is 11.8 Å². The Balaban J connectivity index is 2.16. The molecule has 3 heteroatoms. The molecule has 0 saturated carbocycles. The number of anilines is 1. The summed E-state index contributed by atoms with van der Waals surface area (Å²) in [5, 5.41) is 0. The van der Waals surface area contributed by atoms with Crippen LogP contribution in [0.1, 0.15) is 12.5 Å². The zero-order valence-electron chi connectivity index (χ0n) is 9.61. The van der Waals surface area contributed by atoms with Gasteiger partial charge in [-0.15, -0.1) is 0 Å². The molecule has 0 aromatic heterocycles. The first-order valence-electron chi connectivity index (χ1n) is 5.51. The largest absolute Gasteiger partial charge is 0.398 e. The molecule has 2 aromatic rings. The number of benzene rings is 2. The second-order valence-corrected chi connectivity index (χ2v) is 6.09. The molecule has 88 valence electrons. The van der Waals surface area contributed by atoms with E-state index in [1.165, 1.54) is 15.4 Å². The van der Waals surface area contributed by atoms with Crippen molar-refractivity contribution < 1.29 is 0 Å². The van der Waals surface area contributed by atoms with E-state index in [0.29, 0.717) is 0 Å². The van der Waals surface area contributed by atoms with Crippen LogP contribution in [0.15, 0.2) is 52.3 Å². The van der Waals surface area contributed by atoms with Crippen LogP contribution >= 0.6 is 34.4 Å². The number of halogens is 1. The van der Waals surface area contributed by atoms with Gasteiger partial charge in [-0.3, -0.25) is 0 Å². The average Bonchev–Trinajstić information content (AvgIpc) is 2.35. The smallest absolute Gasteiger partial charge is 0.0461 e. The maximum atomic E-state index is 5.90. The van der Waals surface area contributed by atoms with E-state index in [0.717, 1.165) is 15.7 Å². The van der Waals surface area contributed by atoms with Crippen LogP contribution in [0.2, 0.25) is 0 Å². The maximum Gasteiger partial charge on any atom is 0.0461 e. The summed E-state index contributed by atoms with van der Waals surface area (Å²) in [5.74, 6) is 0. The van der Waals surface area contributed by atoms with Crippen LogP contribution in [0.5, 0.6) is 0 Å². The molecule has 1 nitrogen and oxygen atoms in total. The Morgan fingerprint density at radius 2 is 1.71 bits per heavy atom. The van der Waals surface area contributed by atoms with Crippen molar-refractivity contribution in [2.75, 3.05) is 5.73 Å². The third-order valence-electron chi connectivity index (χ3n) is 2.53. The molecule has 0 spiro atoms. The maximum absolute atomic E-state index is 5.90. The summed E-state index contributed by atoms with van der Waals surface area (Å²) >= 11 is 3.99. The van der Waals surface area contributed by atoms with E-state index < -0.39 is 0 Å². The Bertz CT molecular complexity index is 508. The molecular formula is C14H14INS. The molecule has 17 heavy (non-hydrogen) atoms. The van der Waals surface area contributed by atoms with E-state index in [-0.39, 0.29) is 0 Å². The van der Waals surface area contributed by atoms with Crippen molar-refractivity contribution >= 4 is 40.0 Å². The summed E-state index contributed by atoms with van der Waals surface area (Å²) in [7, 11) is 0. The van der Waals surface area contributed by atoms with Gasteiger partial charge in [-0.05, 0) is 64.9 Å². The molecule has 2 rings (SSSR count). The lowest BCUT2D eigenvalue weighted by Gasteiger charge is -2.05. The van der Waals surface area contributed by atoms with Gasteiger partial charge in [-0.1, -0.05) is 30.8 Å². The van der Waals surface area contributed by atoms with Crippen LogP contribution in [0.4, 0.5) is 5.69 Å². The molecular weight excluding hydrogens is 341 g/mol. The minimum Gasteiger partial charge on any atom is -0.398 e. The summed E-state index contributed by atoms with van der Waals surface area (Å²) in [4.78, 5) is 2.44. The standard InChI is InChI=1S/C14H14INS/c1-2-10-3-5-11(6-4-10)17-12-7-8-13(15)14(16)9-12/h3-9H,2,16H2,1H3. The van der Waals surface area contributed by atoms with Crippen molar-refractivity contribution in [2.24, 2.45) is 0 Å². The van der Waals surface area contributed by atoms with Gasteiger partial charge in [0.25, 0.3) is 0 Å². The predicted octanol–water partition coefficient (Wildman–Crippen LogP) is 4.59.